The second kappa shape index (κ2) is 8.10. The molecule has 0 fully saturated rings. The highest BCUT2D eigenvalue weighted by Crippen LogP contribution is 2.26. The number of sulfonamides is 1. The van der Waals surface area contributed by atoms with Crippen LogP contribution in [-0.2, 0) is 14.8 Å². The molecule has 0 atom stereocenters. The lowest BCUT2D eigenvalue weighted by molar-refractivity contribution is -0.114. The zero-order chi connectivity index (χ0) is 19.5. The van der Waals surface area contributed by atoms with E-state index in [1.165, 1.54) is 0 Å². The first-order valence-electron chi connectivity index (χ1n) is 8.22. The third kappa shape index (κ3) is 4.99. The van der Waals surface area contributed by atoms with Crippen molar-refractivity contribution in [3.8, 4) is 0 Å². The van der Waals surface area contributed by atoms with Crippen LogP contribution < -0.4 is 9.62 Å². The van der Waals surface area contributed by atoms with Crippen molar-refractivity contribution < 1.29 is 13.2 Å². The van der Waals surface area contributed by atoms with Gasteiger partial charge in [0, 0.05) is 10.7 Å². The fraction of sp³-hybridized carbons (Fsp3) is 0.316. The molecular weight excluding hydrogens is 372 g/mol. The van der Waals surface area contributed by atoms with Gasteiger partial charge in [0.05, 0.1) is 11.9 Å². The molecule has 5 nitrogen and oxygen atoms in total. The van der Waals surface area contributed by atoms with Crippen LogP contribution in [0.15, 0.2) is 42.5 Å². The Labute approximate surface area is 160 Å². The average molecular weight is 395 g/mol. The minimum atomic E-state index is -3.64. The van der Waals surface area contributed by atoms with Crippen molar-refractivity contribution >= 4 is 38.9 Å². The van der Waals surface area contributed by atoms with Crippen LogP contribution in [-0.4, -0.2) is 27.1 Å². The molecule has 2 aromatic rings. The highest BCUT2D eigenvalue weighted by Gasteiger charge is 2.23. The summed E-state index contributed by atoms with van der Waals surface area (Å²) in [7, 11) is -3.64. The van der Waals surface area contributed by atoms with Gasteiger partial charge in [-0.3, -0.25) is 9.10 Å². The molecule has 26 heavy (non-hydrogen) atoms. The van der Waals surface area contributed by atoms with Gasteiger partial charge in [-0.1, -0.05) is 43.6 Å². The Morgan fingerprint density at radius 2 is 1.85 bits per heavy atom. The van der Waals surface area contributed by atoms with Crippen LogP contribution in [0.3, 0.4) is 0 Å². The highest BCUT2D eigenvalue weighted by atomic mass is 35.5. The summed E-state index contributed by atoms with van der Waals surface area (Å²) in [5.74, 6) is -0.172. The molecule has 1 N–H and O–H groups in total. The summed E-state index contributed by atoms with van der Waals surface area (Å²) in [6.07, 6.45) is 1.08. The topological polar surface area (TPSA) is 66.5 Å². The highest BCUT2D eigenvalue weighted by molar-refractivity contribution is 7.92. The first-order chi connectivity index (χ1) is 12.1. The maximum absolute atomic E-state index is 12.6. The smallest absolute Gasteiger partial charge is 0.245 e. The number of nitrogens with zero attached hydrogens (tertiary/aromatic N) is 1. The minimum Gasteiger partial charge on any atom is -0.324 e. The third-order valence-corrected chi connectivity index (χ3v) is 5.33. The van der Waals surface area contributed by atoms with E-state index in [0.29, 0.717) is 22.0 Å². The lowest BCUT2D eigenvalue weighted by atomic mass is 10.0. The molecule has 7 heteroatoms. The van der Waals surface area contributed by atoms with Gasteiger partial charge in [0.2, 0.25) is 15.9 Å². The summed E-state index contributed by atoms with van der Waals surface area (Å²) in [4.78, 5) is 12.6. The Morgan fingerprint density at radius 1 is 1.19 bits per heavy atom. The van der Waals surface area contributed by atoms with Crippen LogP contribution in [0.5, 0.6) is 0 Å². The van der Waals surface area contributed by atoms with Crippen molar-refractivity contribution in [3.63, 3.8) is 0 Å². The molecule has 2 rings (SSSR count). The molecule has 2 aromatic carbocycles. The molecule has 0 aliphatic rings. The standard InChI is InChI=1S/C19H23ClN2O3S/c1-13(2)16-7-5-6-8-17(16)21-19(23)12-22(26(4,24)25)18-10-9-15(20)11-14(18)3/h5-11,13H,12H2,1-4H3,(H,21,23). The van der Waals surface area contributed by atoms with Crippen LogP contribution in [0.1, 0.15) is 30.9 Å². The lowest BCUT2D eigenvalue weighted by Gasteiger charge is -2.24. The number of benzene rings is 2. The predicted molar refractivity (Wildman–Crippen MR) is 108 cm³/mol. The molecule has 0 saturated heterocycles. The molecule has 0 saturated carbocycles. The van der Waals surface area contributed by atoms with Crippen LogP contribution in [0.4, 0.5) is 11.4 Å². The first-order valence-corrected chi connectivity index (χ1v) is 10.4. The van der Waals surface area contributed by atoms with Gasteiger partial charge in [-0.25, -0.2) is 8.42 Å². The van der Waals surface area contributed by atoms with Crippen molar-refractivity contribution in [2.75, 3.05) is 22.4 Å². The lowest BCUT2D eigenvalue weighted by Crippen LogP contribution is -2.38. The van der Waals surface area contributed by atoms with E-state index in [1.807, 2.05) is 38.1 Å². The Kier molecular flexibility index (Phi) is 6.31. The van der Waals surface area contributed by atoms with E-state index >= 15 is 0 Å². The van der Waals surface area contributed by atoms with E-state index in [2.05, 4.69) is 5.32 Å². The van der Waals surface area contributed by atoms with E-state index in [-0.39, 0.29) is 12.5 Å². The van der Waals surface area contributed by atoms with Crippen LogP contribution in [0.2, 0.25) is 5.02 Å². The quantitative estimate of drug-likeness (QED) is 0.799. The summed E-state index contributed by atoms with van der Waals surface area (Å²) in [5, 5.41) is 3.33. The van der Waals surface area contributed by atoms with E-state index < -0.39 is 15.9 Å². The third-order valence-electron chi connectivity index (χ3n) is 3.97. The van der Waals surface area contributed by atoms with Crippen molar-refractivity contribution in [2.24, 2.45) is 0 Å². The van der Waals surface area contributed by atoms with Gasteiger partial charge in [-0.05, 0) is 48.2 Å². The normalized spacial score (nSPS) is 11.5. The van der Waals surface area contributed by atoms with Crippen LogP contribution >= 0.6 is 11.6 Å². The van der Waals surface area contributed by atoms with Crippen LogP contribution in [0, 0.1) is 6.92 Å². The molecule has 0 aliphatic carbocycles. The predicted octanol–water partition coefficient (Wildman–Crippen LogP) is 4.18. The Bertz CT molecular complexity index is 911. The number of aryl methyl sites for hydroxylation is 1. The number of halogens is 1. The van der Waals surface area contributed by atoms with Crippen molar-refractivity contribution in [2.45, 2.75) is 26.7 Å². The molecule has 1 amide bonds. The monoisotopic (exact) mass is 394 g/mol. The number of para-hydroxylation sites is 1. The molecule has 0 aliphatic heterocycles. The molecule has 0 unspecified atom stereocenters. The zero-order valence-electron chi connectivity index (χ0n) is 15.3. The van der Waals surface area contributed by atoms with Gasteiger partial charge in [-0.2, -0.15) is 0 Å². The molecule has 0 aromatic heterocycles. The van der Waals surface area contributed by atoms with Gasteiger partial charge in [-0.15, -0.1) is 0 Å². The largest absolute Gasteiger partial charge is 0.324 e. The summed E-state index contributed by atoms with van der Waals surface area (Å²) in [6.45, 7) is 5.51. The van der Waals surface area contributed by atoms with Gasteiger partial charge < -0.3 is 5.32 Å². The number of carbonyl (C=O) groups is 1. The summed E-state index contributed by atoms with van der Waals surface area (Å²) < 4.78 is 25.6. The molecule has 0 spiro atoms. The number of nitrogens with one attached hydrogen (secondary N) is 1. The minimum absolute atomic E-state index is 0.232. The molecular formula is C19H23ClN2O3S. The Morgan fingerprint density at radius 3 is 2.42 bits per heavy atom. The van der Waals surface area contributed by atoms with E-state index in [1.54, 1.807) is 25.1 Å². The first kappa shape index (κ1) is 20.3. The van der Waals surface area contributed by atoms with Gasteiger partial charge in [0.1, 0.15) is 6.54 Å². The van der Waals surface area contributed by atoms with E-state index in [9.17, 15) is 13.2 Å². The number of anilines is 2. The number of hydrogen-bond acceptors (Lipinski definition) is 3. The second-order valence-corrected chi connectivity index (χ2v) is 8.83. The maximum Gasteiger partial charge on any atom is 0.245 e. The number of rotatable bonds is 6. The SMILES string of the molecule is Cc1cc(Cl)ccc1N(CC(=O)Nc1ccccc1C(C)C)S(C)(=O)=O. The molecule has 140 valence electrons. The van der Waals surface area contributed by atoms with Crippen molar-refractivity contribution in [3.05, 3.63) is 58.6 Å². The number of hydrogen-bond donors (Lipinski definition) is 1. The zero-order valence-corrected chi connectivity index (χ0v) is 16.9. The molecule has 0 bridgehead atoms. The van der Waals surface area contributed by atoms with E-state index in [4.69, 9.17) is 11.6 Å². The molecule has 0 radical (unpaired) electrons. The van der Waals surface area contributed by atoms with Crippen molar-refractivity contribution in [1.82, 2.24) is 0 Å². The Balaban J connectivity index is 2.29. The van der Waals surface area contributed by atoms with Crippen molar-refractivity contribution in [1.29, 1.82) is 0 Å². The fourth-order valence-corrected chi connectivity index (χ4v) is 3.85. The number of carbonyl (C=O) groups excluding carboxylic acids is 1. The Hall–Kier alpha value is -2.05. The summed E-state index contributed by atoms with van der Waals surface area (Å²) in [5.41, 5.74) is 2.80. The van der Waals surface area contributed by atoms with E-state index in [0.717, 1.165) is 16.1 Å². The maximum atomic E-state index is 12.6. The molecule has 0 heterocycles. The van der Waals surface area contributed by atoms with Gasteiger partial charge >= 0.3 is 0 Å². The van der Waals surface area contributed by atoms with Crippen LogP contribution in [0.25, 0.3) is 0 Å². The summed E-state index contributed by atoms with van der Waals surface area (Å²) in [6, 6.07) is 12.4. The average Bonchev–Trinajstić information content (AvgIpc) is 2.52. The van der Waals surface area contributed by atoms with Gasteiger partial charge in [0.15, 0.2) is 0 Å². The van der Waals surface area contributed by atoms with Gasteiger partial charge in [0.25, 0.3) is 0 Å². The summed E-state index contributed by atoms with van der Waals surface area (Å²) >= 11 is 5.95. The fourth-order valence-electron chi connectivity index (χ4n) is 2.71. The number of amides is 1. The second-order valence-electron chi connectivity index (χ2n) is 6.49.